The number of pyridine rings is 1. The van der Waals surface area contributed by atoms with Crippen molar-refractivity contribution in [2.45, 2.75) is 25.7 Å². The van der Waals surface area contributed by atoms with Gasteiger partial charge in [-0.2, -0.15) is 0 Å². The second-order valence-electron chi connectivity index (χ2n) is 6.84. The molecule has 0 bridgehead atoms. The summed E-state index contributed by atoms with van der Waals surface area (Å²) in [4.78, 5) is 26.3. The van der Waals surface area contributed by atoms with Gasteiger partial charge in [0.15, 0.2) is 0 Å². The van der Waals surface area contributed by atoms with Gasteiger partial charge in [-0.25, -0.2) is 4.98 Å². The second-order valence-corrected chi connectivity index (χ2v) is 6.84. The first-order valence-corrected chi connectivity index (χ1v) is 9.03. The van der Waals surface area contributed by atoms with Crippen molar-refractivity contribution in [1.82, 2.24) is 15.0 Å². The first-order chi connectivity index (χ1) is 12.7. The first-order valence-electron chi connectivity index (χ1n) is 9.03. The fraction of sp³-hybridized carbons (Fsp3) is 0.286. The molecule has 26 heavy (non-hydrogen) atoms. The van der Waals surface area contributed by atoms with Crippen LogP contribution in [0.15, 0.2) is 59.5 Å². The van der Waals surface area contributed by atoms with Crippen LogP contribution in [0.25, 0.3) is 11.3 Å². The van der Waals surface area contributed by atoms with E-state index in [0.717, 1.165) is 37.2 Å². The van der Waals surface area contributed by atoms with E-state index in [9.17, 15) is 4.79 Å². The third-order valence-electron chi connectivity index (χ3n) is 4.91. The summed E-state index contributed by atoms with van der Waals surface area (Å²) in [6.07, 6.45) is 4.00. The van der Waals surface area contributed by atoms with Crippen molar-refractivity contribution in [2.75, 3.05) is 18.0 Å². The largest absolute Gasteiger partial charge is 0.342 e. The van der Waals surface area contributed by atoms with Crippen LogP contribution in [-0.4, -0.2) is 28.0 Å². The highest BCUT2D eigenvalue weighted by Crippen LogP contribution is 2.28. The molecule has 0 aliphatic carbocycles. The molecule has 1 unspecified atom stereocenters. The highest BCUT2D eigenvalue weighted by Gasteiger charge is 2.23. The molecule has 3 heterocycles. The summed E-state index contributed by atoms with van der Waals surface area (Å²) < 4.78 is 0. The number of rotatable bonds is 3. The van der Waals surface area contributed by atoms with Crippen LogP contribution in [0.1, 0.15) is 30.0 Å². The second kappa shape index (κ2) is 7.12. The maximum atomic E-state index is 12.2. The Morgan fingerprint density at radius 2 is 2.00 bits per heavy atom. The van der Waals surface area contributed by atoms with Crippen LogP contribution in [0.5, 0.6) is 0 Å². The van der Waals surface area contributed by atoms with Crippen LogP contribution in [-0.2, 0) is 0 Å². The zero-order valence-corrected chi connectivity index (χ0v) is 14.9. The lowest BCUT2D eigenvalue weighted by Crippen LogP contribution is -2.36. The highest BCUT2D eigenvalue weighted by molar-refractivity contribution is 5.60. The van der Waals surface area contributed by atoms with E-state index in [1.807, 2.05) is 25.1 Å². The molecule has 1 aromatic carbocycles. The number of nitrogens with zero attached hydrogens (tertiary/aromatic N) is 3. The monoisotopic (exact) mass is 346 g/mol. The molecule has 132 valence electrons. The van der Waals surface area contributed by atoms with Gasteiger partial charge < -0.3 is 4.90 Å². The number of nitrogens with one attached hydrogen (secondary N) is 1. The lowest BCUT2D eigenvalue weighted by Gasteiger charge is -2.33. The molecule has 1 aliphatic rings. The predicted molar refractivity (Wildman–Crippen MR) is 103 cm³/mol. The Balaban J connectivity index is 1.64. The molecule has 1 fully saturated rings. The lowest BCUT2D eigenvalue weighted by molar-refractivity contribution is 0.503. The minimum absolute atomic E-state index is 0.124. The Hall–Kier alpha value is -2.95. The summed E-state index contributed by atoms with van der Waals surface area (Å²) >= 11 is 0. The average Bonchev–Trinajstić information content (AvgIpc) is 2.68. The number of piperidine rings is 1. The molecule has 4 rings (SSSR count). The summed E-state index contributed by atoms with van der Waals surface area (Å²) in [6.45, 7) is 3.71. The van der Waals surface area contributed by atoms with Gasteiger partial charge in [0.2, 0.25) is 5.95 Å². The highest BCUT2D eigenvalue weighted by atomic mass is 16.1. The average molecular weight is 346 g/mol. The molecule has 1 saturated heterocycles. The Kier molecular flexibility index (Phi) is 4.52. The van der Waals surface area contributed by atoms with Crippen LogP contribution in [0.4, 0.5) is 5.95 Å². The Bertz CT molecular complexity index is 951. The van der Waals surface area contributed by atoms with Crippen molar-refractivity contribution in [3.8, 4) is 11.3 Å². The predicted octanol–water partition coefficient (Wildman–Crippen LogP) is 3.52. The van der Waals surface area contributed by atoms with Crippen LogP contribution in [0, 0.1) is 6.92 Å². The van der Waals surface area contributed by atoms with E-state index in [4.69, 9.17) is 4.98 Å². The molecule has 0 spiro atoms. The van der Waals surface area contributed by atoms with Gasteiger partial charge in [0.25, 0.3) is 5.56 Å². The molecule has 1 atom stereocenters. The molecule has 1 N–H and O–H groups in total. The topological polar surface area (TPSA) is 61.9 Å². The van der Waals surface area contributed by atoms with Crippen LogP contribution >= 0.6 is 0 Å². The standard InChI is InChI=1S/C21H22N4O/c1-15-12-17(9-10-22-15)19-13-20(26)24-21(23-19)25-11-5-8-18(14-25)16-6-3-2-4-7-16/h2-4,6-7,9-10,12-13,18H,5,8,11,14H2,1H3,(H,23,24,26). The van der Waals surface area contributed by atoms with E-state index < -0.39 is 0 Å². The van der Waals surface area contributed by atoms with Crippen LogP contribution < -0.4 is 10.5 Å². The number of aromatic amines is 1. The number of benzene rings is 1. The fourth-order valence-electron chi connectivity index (χ4n) is 3.61. The number of hydrogen-bond acceptors (Lipinski definition) is 4. The van der Waals surface area contributed by atoms with Crippen LogP contribution in [0.2, 0.25) is 0 Å². The summed E-state index contributed by atoms with van der Waals surface area (Å²) in [5.41, 5.74) is 3.74. The van der Waals surface area contributed by atoms with Crippen LogP contribution in [0.3, 0.4) is 0 Å². The van der Waals surface area contributed by atoms with Gasteiger partial charge in [-0.15, -0.1) is 0 Å². The van der Waals surface area contributed by atoms with E-state index in [2.05, 4.69) is 39.1 Å². The third kappa shape index (κ3) is 3.52. The molecule has 0 amide bonds. The van der Waals surface area contributed by atoms with Gasteiger partial charge in [0, 0.05) is 42.5 Å². The SMILES string of the molecule is Cc1cc(-c2cc(=O)[nH]c(N3CCCC(c4ccccc4)C3)n2)ccn1. The number of hydrogen-bond donors (Lipinski definition) is 1. The zero-order valence-electron chi connectivity index (χ0n) is 14.9. The summed E-state index contributed by atoms with van der Waals surface area (Å²) in [5.74, 6) is 1.12. The smallest absolute Gasteiger partial charge is 0.252 e. The molecule has 0 radical (unpaired) electrons. The van der Waals surface area contributed by atoms with E-state index in [-0.39, 0.29) is 5.56 Å². The zero-order chi connectivity index (χ0) is 17.9. The van der Waals surface area contributed by atoms with Gasteiger partial charge in [-0.1, -0.05) is 30.3 Å². The van der Waals surface area contributed by atoms with Crippen molar-refractivity contribution < 1.29 is 0 Å². The number of aryl methyl sites for hydroxylation is 1. The third-order valence-corrected chi connectivity index (χ3v) is 4.91. The molecule has 3 aromatic rings. The van der Waals surface area contributed by atoms with Gasteiger partial charge in [-0.3, -0.25) is 14.8 Å². The van der Waals surface area contributed by atoms with E-state index in [1.165, 1.54) is 5.56 Å². The molecule has 1 aliphatic heterocycles. The minimum Gasteiger partial charge on any atom is -0.342 e. The number of anilines is 1. The molecular weight excluding hydrogens is 324 g/mol. The molecular formula is C21H22N4O. The van der Waals surface area contributed by atoms with Gasteiger partial charge in [0.05, 0.1) is 5.69 Å². The van der Waals surface area contributed by atoms with Gasteiger partial charge >= 0.3 is 0 Å². The van der Waals surface area contributed by atoms with E-state index in [1.54, 1.807) is 12.3 Å². The van der Waals surface area contributed by atoms with Gasteiger partial charge in [0.1, 0.15) is 0 Å². The van der Waals surface area contributed by atoms with Crippen molar-refractivity contribution in [3.05, 3.63) is 76.3 Å². The summed E-state index contributed by atoms with van der Waals surface area (Å²) in [5, 5.41) is 0. The van der Waals surface area contributed by atoms with Crippen molar-refractivity contribution >= 4 is 5.95 Å². The summed E-state index contributed by atoms with van der Waals surface area (Å²) in [7, 11) is 0. The van der Waals surface area contributed by atoms with Crippen molar-refractivity contribution in [2.24, 2.45) is 0 Å². The molecule has 0 saturated carbocycles. The van der Waals surface area contributed by atoms with Gasteiger partial charge in [-0.05, 0) is 37.5 Å². The first kappa shape index (κ1) is 16.5. The Morgan fingerprint density at radius 1 is 1.15 bits per heavy atom. The molecule has 5 heteroatoms. The number of H-pyrrole nitrogens is 1. The van der Waals surface area contributed by atoms with E-state index in [0.29, 0.717) is 17.6 Å². The number of aromatic nitrogens is 3. The van der Waals surface area contributed by atoms with Crippen molar-refractivity contribution in [3.63, 3.8) is 0 Å². The normalized spacial score (nSPS) is 17.3. The fourth-order valence-corrected chi connectivity index (χ4v) is 3.61. The Morgan fingerprint density at radius 3 is 2.81 bits per heavy atom. The maximum absolute atomic E-state index is 12.2. The quantitative estimate of drug-likeness (QED) is 0.788. The molecule has 2 aromatic heterocycles. The minimum atomic E-state index is -0.124. The van der Waals surface area contributed by atoms with E-state index >= 15 is 0 Å². The Labute approximate surface area is 152 Å². The summed E-state index contributed by atoms with van der Waals surface area (Å²) in [6, 6.07) is 16.0. The maximum Gasteiger partial charge on any atom is 0.252 e. The molecule has 5 nitrogen and oxygen atoms in total. The lowest BCUT2D eigenvalue weighted by atomic mass is 9.91. The van der Waals surface area contributed by atoms with Crippen molar-refractivity contribution in [1.29, 1.82) is 0 Å².